The van der Waals surface area contributed by atoms with Crippen molar-refractivity contribution in [3.63, 3.8) is 0 Å². The number of benzene rings is 3. The highest BCUT2D eigenvalue weighted by Crippen LogP contribution is 2.26. The van der Waals surface area contributed by atoms with Gasteiger partial charge in [-0.15, -0.1) is 0 Å². The van der Waals surface area contributed by atoms with E-state index in [1.54, 1.807) is 29.2 Å². The molecule has 7 heteroatoms. The van der Waals surface area contributed by atoms with E-state index in [2.05, 4.69) is 11.1 Å². The minimum atomic E-state index is -0.545. The van der Waals surface area contributed by atoms with Crippen molar-refractivity contribution in [2.45, 2.75) is 25.9 Å². The van der Waals surface area contributed by atoms with Crippen molar-refractivity contribution in [2.75, 3.05) is 6.54 Å². The molecule has 0 spiro atoms. The van der Waals surface area contributed by atoms with Crippen molar-refractivity contribution < 1.29 is 4.79 Å². The van der Waals surface area contributed by atoms with Crippen LogP contribution in [0.1, 0.15) is 29.8 Å². The summed E-state index contributed by atoms with van der Waals surface area (Å²) in [5.41, 5.74) is 10.2. The van der Waals surface area contributed by atoms with Gasteiger partial charge in [-0.1, -0.05) is 47.2 Å². The van der Waals surface area contributed by atoms with Gasteiger partial charge in [-0.2, -0.15) is 0 Å². The highest BCUT2D eigenvalue weighted by molar-refractivity contribution is 7.16. The molecule has 0 atom stereocenters. The quantitative estimate of drug-likeness (QED) is 0.406. The summed E-state index contributed by atoms with van der Waals surface area (Å²) in [4.78, 5) is 29.4. The molecular formula is C25H24ClN3O2S. The van der Waals surface area contributed by atoms with Gasteiger partial charge >= 0.3 is 4.87 Å². The van der Waals surface area contributed by atoms with Gasteiger partial charge < -0.3 is 15.6 Å². The number of rotatable bonds is 6. The van der Waals surface area contributed by atoms with Crippen LogP contribution in [-0.4, -0.2) is 27.9 Å². The Kier molecular flexibility index (Phi) is 6.20. The number of carbonyl (C=O) groups excluding carboxylic acids is 1. The number of hydrogen-bond donors (Lipinski definition) is 2. The second-order valence-corrected chi connectivity index (χ2v) is 10.0. The van der Waals surface area contributed by atoms with E-state index in [0.29, 0.717) is 23.7 Å². The average Bonchev–Trinajstić information content (AvgIpc) is 3.12. The summed E-state index contributed by atoms with van der Waals surface area (Å²) in [5.74, 6) is -0.0934. The molecule has 32 heavy (non-hydrogen) atoms. The number of halogens is 1. The van der Waals surface area contributed by atoms with Crippen LogP contribution in [0.5, 0.6) is 0 Å². The summed E-state index contributed by atoms with van der Waals surface area (Å²) in [5, 5.41) is 0.587. The number of nitrogens with zero attached hydrogens (tertiary/aromatic N) is 1. The summed E-state index contributed by atoms with van der Waals surface area (Å²) in [6, 6.07) is 20.9. The summed E-state index contributed by atoms with van der Waals surface area (Å²) >= 11 is 7.18. The smallest absolute Gasteiger partial charge is 0.305 e. The Balaban J connectivity index is 1.63. The topological polar surface area (TPSA) is 79.2 Å². The highest BCUT2D eigenvalue weighted by atomic mass is 35.5. The number of nitrogens with one attached hydrogen (secondary N) is 1. The molecule has 0 aliphatic carbocycles. The van der Waals surface area contributed by atoms with Gasteiger partial charge in [0.25, 0.3) is 5.91 Å². The summed E-state index contributed by atoms with van der Waals surface area (Å²) in [6.45, 7) is 4.64. The van der Waals surface area contributed by atoms with Crippen LogP contribution < -0.4 is 10.6 Å². The number of aromatic amines is 1. The van der Waals surface area contributed by atoms with E-state index in [9.17, 15) is 9.59 Å². The van der Waals surface area contributed by atoms with Gasteiger partial charge in [-0.05, 0) is 73.0 Å². The van der Waals surface area contributed by atoms with Gasteiger partial charge in [0.15, 0.2) is 0 Å². The molecule has 0 saturated carbocycles. The van der Waals surface area contributed by atoms with Crippen LogP contribution in [0.2, 0.25) is 5.02 Å². The number of aromatic nitrogens is 1. The monoisotopic (exact) mass is 465 g/mol. The van der Waals surface area contributed by atoms with Gasteiger partial charge in [-0.3, -0.25) is 9.59 Å². The largest absolute Gasteiger partial charge is 0.332 e. The number of thiazole rings is 1. The molecule has 1 amide bonds. The van der Waals surface area contributed by atoms with E-state index in [-0.39, 0.29) is 10.8 Å². The Morgan fingerprint density at radius 2 is 1.78 bits per heavy atom. The third-order valence-electron chi connectivity index (χ3n) is 5.03. The van der Waals surface area contributed by atoms with Crippen LogP contribution >= 0.6 is 22.9 Å². The summed E-state index contributed by atoms with van der Waals surface area (Å²) in [7, 11) is 0. The molecule has 1 heterocycles. The third kappa shape index (κ3) is 5.27. The van der Waals surface area contributed by atoms with Crippen LogP contribution in [0.4, 0.5) is 0 Å². The van der Waals surface area contributed by atoms with E-state index in [1.165, 1.54) is 11.3 Å². The molecule has 0 saturated heterocycles. The van der Waals surface area contributed by atoms with Crippen molar-refractivity contribution in [1.82, 2.24) is 9.88 Å². The van der Waals surface area contributed by atoms with Crippen molar-refractivity contribution in [1.29, 1.82) is 0 Å². The van der Waals surface area contributed by atoms with Gasteiger partial charge in [0.2, 0.25) is 0 Å². The van der Waals surface area contributed by atoms with E-state index in [1.807, 2.05) is 50.2 Å². The molecule has 0 aliphatic heterocycles. The molecule has 5 nitrogen and oxygen atoms in total. The van der Waals surface area contributed by atoms with Crippen molar-refractivity contribution in [3.8, 4) is 11.1 Å². The van der Waals surface area contributed by atoms with Crippen LogP contribution in [0, 0.1) is 0 Å². The maximum absolute atomic E-state index is 13.2. The number of nitrogens with two attached hydrogens (primary N) is 1. The molecule has 0 unspecified atom stereocenters. The number of H-pyrrole nitrogens is 1. The van der Waals surface area contributed by atoms with Crippen LogP contribution in [0.15, 0.2) is 71.5 Å². The zero-order valence-corrected chi connectivity index (χ0v) is 19.5. The van der Waals surface area contributed by atoms with Gasteiger partial charge in [0, 0.05) is 29.2 Å². The lowest BCUT2D eigenvalue weighted by Crippen LogP contribution is -2.47. The normalized spacial score (nSPS) is 11.6. The second kappa shape index (κ2) is 8.90. The number of hydrogen-bond acceptors (Lipinski definition) is 4. The lowest BCUT2D eigenvalue weighted by molar-refractivity contribution is 0.0710. The first kappa shape index (κ1) is 22.3. The van der Waals surface area contributed by atoms with E-state index >= 15 is 0 Å². The number of carbonyl (C=O) groups is 1. The van der Waals surface area contributed by atoms with Gasteiger partial charge in [-0.25, -0.2) is 0 Å². The zero-order chi connectivity index (χ0) is 22.9. The molecule has 3 N–H and O–H groups in total. The lowest BCUT2D eigenvalue weighted by Gasteiger charge is -2.30. The van der Waals surface area contributed by atoms with Crippen molar-refractivity contribution >= 4 is 39.1 Å². The lowest BCUT2D eigenvalue weighted by atomic mass is 10.0. The number of amides is 1. The molecule has 0 bridgehead atoms. The van der Waals surface area contributed by atoms with E-state index < -0.39 is 5.54 Å². The van der Waals surface area contributed by atoms with Crippen LogP contribution in [-0.2, 0) is 6.54 Å². The molecule has 0 aliphatic rings. The van der Waals surface area contributed by atoms with Crippen LogP contribution in [0.25, 0.3) is 21.3 Å². The Morgan fingerprint density at radius 3 is 2.50 bits per heavy atom. The maximum Gasteiger partial charge on any atom is 0.305 e. The molecule has 4 rings (SSSR count). The van der Waals surface area contributed by atoms with Crippen LogP contribution in [0.3, 0.4) is 0 Å². The average molecular weight is 466 g/mol. The van der Waals surface area contributed by atoms with E-state index in [0.717, 1.165) is 26.9 Å². The van der Waals surface area contributed by atoms with Gasteiger partial charge in [0.05, 0.1) is 10.2 Å². The minimum Gasteiger partial charge on any atom is -0.332 e. The Hall–Kier alpha value is -2.93. The molecule has 3 aromatic carbocycles. The number of fused-ring (bicyclic) bond motifs is 1. The predicted octanol–water partition coefficient (Wildman–Crippen LogP) is 5.29. The van der Waals surface area contributed by atoms with Crippen molar-refractivity contribution in [2.24, 2.45) is 5.73 Å². The molecule has 4 aromatic rings. The third-order valence-corrected chi connectivity index (χ3v) is 6.13. The fourth-order valence-corrected chi connectivity index (χ4v) is 4.56. The Bertz CT molecular complexity index is 1320. The molecule has 0 radical (unpaired) electrons. The summed E-state index contributed by atoms with van der Waals surface area (Å²) < 4.78 is 0.919. The minimum absolute atomic E-state index is 0.0633. The van der Waals surface area contributed by atoms with Crippen molar-refractivity contribution in [3.05, 3.63) is 92.5 Å². The molecule has 0 fully saturated rings. The predicted molar refractivity (Wildman–Crippen MR) is 132 cm³/mol. The molecular weight excluding hydrogens is 442 g/mol. The summed E-state index contributed by atoms with van der Waals surface area (Å²) in [6.07, 6.45) is 0. The fourth-order valence-electron chi connectivity index (χ4n) is 3.66. The maximum atomic E-state index is 13.2. The molecule has 164 valence electrons. The SMILES string of the molecule is CC(C)(N)CN(Cc1cccc(-c2ccc3[nH]c(=O)sc3c2)c1)C(=O)c1ccc(Cl)cc1. The Labute approximate surface area is 195 Å². The van der Waals surface area contributed by atoms with E-state index in [4.69, 9.17) is 17.3 Å². The first-order valence-corrected chi connectivity index (χ1v) is 11.4. The first-order chi connectivity index (χ1) is 15.2. The first-order valence-electron chi connectivity index (χ1n) is 10.2. The fraction of sp³-hybridized carbons (Fsp3) is 0.200. The second-order valence-electron chi connectivity index (χ2n) is 8.58. The molecule has 1 aromatic heterocycles. The Morgan fingerprint density at radius 1 is 1.06 bits per heavy atom. The zero-order valence-electron chi connectivity index (χ0n) is 17.9. The highest BCUT2D eigenvalue weighted by Gasteiger charge is 2.23. The standard InChI is InChI=1S/C25H24ClN3O2S/c1-25(2,27)15-29(23(30)17-6-9-20(26)10-7-17)14-16-4-3-5-18(12-16)19-8-11-21-22(13-19)32-24(31)28-21/h3-13H,14-15,27H2,1-2H3,(H,28,31). The van der Waals surface area contributed by atoms with Gasteiger partial charge in [0.1, 0.15) is 0 Å².